The lowest BCUT2D eigenvalue weighted by Crippen LogP contribution is -2.36. The highest BCUT2D eigenvalue weighted by molar-refractivity contribution is 5.92. The molecule has 0 aromatic carbocycles. The average Bonchev–Trinajstić information content (AvgIpc) is 2.73. The Labute approximate surface area is 121 Å². The van der Waals surface area contributed by atoms with Gasteiger partial charge in [-0.25, -0.2) is 4.68 Å². The minimum absolute atomic E-state index is 0.00305. The van der Waals surface area contributed by atoms with Crippen molar-refractivity contribution in [3.05, 3.63) is 11.9 Å². The topological polar surface area (TPSA) is 109 Å². The zero-order chi connectivity index (χ0) is 15.4. The molecule has 114 valence electrons. The zero-order valence-corrected chi connectivity index (χ0v) is 11.7. The molecule has 0 unspecified atom stereocenters. The Balaban J connectivity index is 2.01. The normalized spacial score (nSPS) is 15.7. The van der Waals surface area contributed by atoms with Crippen LogP contribution in [-0.4, -0.2) is 73.9 Å². The molecule has 9 nitrogen and oxygen atoms in total. The first-order chi connectivity index (χ1) is 9.97. The number of carbonyl (C=O) groups is 3. The van der Waals surface area contributed by atoms with Crippen LogP contribution in [0.15, 0.2) is 6.20 Å². The minimum atomic E-state index is -1.05. The predicted octanol–water partition coefficient (Wildman–Crippen LogP) is -0.943. The van der Waals surface area contributed by atoms with Gasteiger partial charge in [-0.1, -0.05) is 5.21 Å². The number of hydrogen-bond donors (Lipinski definition) is 1. The number of carboxylic acid groups (broad SMARTS) is 1. The molecule has 0 spiro atoms. The summed E-state index contributed by atoms with van der Waals surface area (Å²) in [7, 11) is 0. The third kappa shape index (κ3) is 3.77. The van der Waals surface area contributed by atoms with Crippen LogP contribution >= 0.6 is 0 Å². The van der Waals surface area contributed by atoms with Gasteiger partial charge in [-0.2, -0.15) is 0 Å². The van der Waals surface area contributed by atoms with Gasteiger partial charge in [0.05, 0.1) is 6.20 Å². The molecule has 0 atom stereocenters. The Morgan fingerprint density at radius 1 is 1.19 bits per heavy atom. The summed E-state index contributed by atoms with van der Waals surface area (Å²) in [6, 6.07) is 0. The Hall–Kier alpha value is -2.45. The lowest BCUT2D eigenvalue weighted by molar-refractivity contribution is -0.138. The molecule has 0 bridgehead atoms. The molecule has 0 saturated carbocycles. The molecule has 1 aliphatic heterocycles. The van der Waals surface area contributed by atoms with E-state index in [0.717, 1.165) is 4.68 Å². The fourth-order valence-corrected chi connectivity index (χ4v) is 2.21. The minimum Gasteiger partial charge on any atom is -0.480 e. The van der Waals surface area contributed by atoms with Crippen molar-refractivity contribution < 1.29 is 19.5 Å². The summed E-state index contributed by atoms with van der Waals surface area (Å²) in [6.45, 7) is 3.27. The molecule has 21 heavy (non-hydrogen) atoms. The fourth-order valence-electron chi connectivity index (χ4n) is 2.21. The monoisotopic (exact) mass is 295 g/mol. The number of amides is 2. The van der Waals surface area contributed by atoms with E-state index in [-0.39, 0.29) is 24.1 Å². The smallest absolute Gasteiger partial charge is 0.325 e. The average molecular weight is 295 g/mol. The van der Waals surface area contributed by atoms with Gasteiger partial charge in [0.25, 0.3) is 5.91 Å². The van der Waals surface area contributed by atoms with Crippen molar-refractivity contribution in [1.82, 2.24) is 24.8 Å². The van der Waals surface area contributed by atoms with Crippen LogP contribution in [0.25, 0.3) is 0 Å². The summed E-state index contributed by atoms with van der Waals surface area (Å²) in [5.74, 6) is -1.35. The van der Waals surface area contributed by atoms with E-state index >= 15 is 0 Å². The molecule has 2 heterocycles. The van der Waals surface area contributed by atoms with Crippen LogP contribution in [0.4, 0.5) is 0 Å². The van der Waals surface area contributed by atoms with E-state index in [4.69, 9.17) is 5.11 Å². The standard InChI is InChI=1S/C12H17N5O4/c1-9(18)15-3-2-4-16(6-5-15)12(21)10-7-17(14-13-10)8-11(19)20/h7H,2-6,8H2,1H3,(H,19,20). The number of rotatable bonds is 3. The summed E-state index contributed by atoms with van der Waals surface area (Å²) in [4.78, 5) is 37.5. The third-order valence-electron chi connectivity index (χ3n) is 3.28. The Bertz CT molecular complexity index is 556. The second-order valence-corrected chi connectivity index (χ2v) is 4.85. The zero-order valence-electron chi connectivity index (χ0n) is 11.7. The highest BCUT2D eigenvalue weighted by Gasteiger charge is 2.23. The van der Waals surface area contributed by atoms with Gasteiger partial charge in [0.15, 0.2) is 5.69 Å². The van der Waals surface area contributed by atoms with Crippen molar-refractivity contribution in [1.29, 1.82) is 0 Å². The van der Waals surface area contributed by atoms with Gasteiger partial charge in [0.2, 0.25) is 5.91 Å². The highest BCUT2D eigenvalue weighted by atomic mass is 16.4. The Morgan fingerprint density at radius 2 is 1.86 bits per heavy atom. The van der Waals surface area contributed by atoms with E-state index in [1.165, 1.54) is 13.1 Å². The SMILES string of the molecule is CC(=O)N1CCCN(C(=O)c2cn(CC(=O)O)nn2)CC1. The molecule has 1 saturated heterocycles. The van der Waals surface area contributed by atoms with Crippen LogP contribution in [0, 0.1) is 0 Å². The van der Waals surface area contributed by atoms with Crippen molar-refractivity contribution in [2.75, 3.05) is 26.2 Å². The molecule has 1 aromatic heterocycles. The molecule has 9 heteroatoms. The molecule has 1 aliphatic rings. The molecule has 1 N–H and O–H groups in total. The van der Waals surface area contributed by atoms with E-state index in [2.05, 4.69) is 10.3 Å². The maximum atomic E-state index is 12.3. The first-order valence-corrected chi connectivity index (χ1v) is 6.64. The summed E-state index contributed by atoms with van der Waals surface area (Å²) in [5, 5.41) is 16.0. The van der Waals surface area contributed by atoms with Crippen LogP contribution < -0.4 is 0 Å². The first kappa shape index (κ1) is 14.9. The second kappa shape index (κ2) is 6.33. The summed E-state index contributed by atoms with van der Waals surface area (Å²) >= 11 is 0. The van der Waals surface area contributed by atoms with E-state index in [0.29, 0.717) is 32.6 Å². The van der Waals surface area contributed by atoms with Gasteiger partial charge in [0.1, 0.15) is 6.54 Å². The molecule has 2 rings (SSSR count). The number of carbonyl (C=O) groups excluding carboxylic acids is 2. The predicted molar refractivity (Wildman–Crippen MR) is 70.4 cm³/mol. The van der Waals surface area contributed by atoms with Crippen LogP contribution in [0.5, 0.6) is 0 Å². The molecule has 0 radical (unpaired) electrons. The van der Waals surface area contributed by atoms with Gasteiger partial charge in [0, 0.05) is 33.1 Å². The molecule has 2 amide bonds. The first-order valence-electron chi connectivity index (χ1n) is 6.64. The third-order valence-corrected chi connectivity index (χ3v) is 3.28. The number of carboxylic acids is 1. The van der Waals surface area contributed by atoms with Crippen molar-refractivity contribution in [2.45, 2.75) is 19.9 Å². The van der Waals surface area contributed by atoms with E-state index < -0.39 is 5.97 Å². The number of hydrogen-bond acceptors (Lipinski definition) is 5. The van der Waals surface area contributed by atoms with Gasteiger partial charge in [-0.15, -0.1) is 5.10 Å². The Kier molecular flexibility index (Phi) is 4.51. The molecule has 0 aliphatic carbocycles. The Morgan fingerprint density at radius 3 is 2.52 bits per heavy atom. The van der Waals surface area contributed by atoms with Gasteiger partial charge in [-0.05, 0) is 6.42 Å². The summed E-state index contributed by atoms with van der Waals surface area (Å²) in [6.07, 6.45) is 2.03. The lowest BCUT2D eigenvalue weighted by Gasteiger charge is -2.20. The van der Waals surface area contributed by atoms with Gasteiger partial charge >= 0.3 is 5.97 Å². The molecule has 1 fully saturated rings. The molecular weight excluding hydrogens is 278 g/mol. The summed E-state index contributed by atoms with van der Waals surface area (Å²) < 4.78 is 1.11. The molecule has 1 aromatic rings. The number of aromatic nitrogens is 3. The van der Waals surface area contributed by atoms with Crippen molar-refractivity contribution in [3.8, 4) is 0 Å². The van der Waals surface area contributed by atoms with Gasteiger partial charge in [-0.3, -0.25) is 14.4 Å². The van der Waals surface area contributed by atoms with Crippen LogP contribution in [0.1, 0.15) is 23.8 Å². The van der Waals surface area contributed by atoms with E-state index in [1.54, 1.807) is 9.80 Å². The maximum Gasteiger partial charge on any atom is 0.325 e. The summed E-state index contributed by atoms with van der Waals surface area (Å²) in [5.41, 5.74) is 0.118. The fraction of sp³-hybridized carbons (Fsp3) is 0.583. The van der Waals surface area contributed by atoms with Crippen LogP contribution in [-0.2, 0) is 16.1 Å². The van der Waals surface area contributed by atoms with E-state index in [9.17, 15) is 14.4 Å². The highest BCUT2D eigenvalue weighted by Crippen LogP contribution is 2.07. The number of aliphatic carboxylic acids is 1. The van der Waals surface area contributed by atoms with Crippen molar-refractivity contribution >= 4 is 17.8 Å². The van der Waals surface area contributed by atoms with E-state index in [1.807, 2.05) is 0 Å². The quantitative estimate of drug-likeness (QED) is 0.770. The lowest BCUT2D eigenvalue weighted by atomic mass is 10.3. The largest absolute Gasteiger partial charge is 0.480 e. The maximum absolute atomic E-state index is 12.3. The van der Waals surface area contributed by atoms with Crippen molar-refractivity contribution in [2.24, 2.45) is 0 Å². The van der Waals surface area contributed by atoms with Crippen LogP contribution in [0.2, 0.25) is 0 Å². The molecular formula is C12H17N5O4. The number of nitrogens with zero attached hydrogens (tertiary/aromatic N) is 5. The van der Waals surface area contributed by atoms with Crippen LogP contribution in [0.3, 0.4) is 0 Å². The van der Waals surface area contributed by atoms with Crippen molar-refractivity contribution in [3.63, 3.8) is 0 Å². The van der Waals surface area contributed by atoms with Gasteiger partial charge < -0.3 is 14.9 Å². The second-order valence-electron chi connectivity index (χ2n) is 4.85.